The Kier molecular flexibility index (Phi) is 3.35. The summed E-state index contributed by atoms with van der Waals surface area (Å²) in [6.07, 6.45) is 0. The first-order valence-electron chi connectivity index (χ1n) is 5.83. The molecular formula is C13H15N3O3. The van der Waals surface area contributed by atoms with Gasteiger partial charge < -0.3 is 10.2 Å². The van der Waals surface area contributed by atoms with Crippen LogP contribution in [0.4, 0.5) is 0 Å². The fourth-order valence-electron chi connectivity index (χ4n) is 1.89. The summed E-state index contributed by atoms with van der Waals surface area (Å²) in [5, 5.41) is 26.8. The number of aromatic carboxylic acids is 1. The van der Waals surface area contributed by atoms with Crippen LogP contribution in [0.25, 0.3) is 0 Å². The lowest BCUT2D eigenvalue weighted by Gasteiger charge is -2.24. The molecule has 2 N–H and O–H groups in total. The average molecular weight is 261 g/mol. The van der Waals surface area contributed by atoms with Gasteiger partial charge in [0.15, 0.2) is 5.69 Å². The molecule has 0 radical (unpaired) electrons. The van der Waals surface area contributed by atoms with E-state index in [0.29, 0.717) is 5.69 Å². The van der Waals surface area contributed by atoms with Gasteiger partial charge in [-0.15, -0.1) is 5.10 Å². The van der Waals surface area contributed by atoms with Gasteiger partial charge in [-0.1, -0.05) is 35.5 Å². The van der Waals surface area contributed by atoms with Crippen LogP contribution in [0.2, 0.25) is 0 Å². The van der Waals surface area contributed by atoms with Crippen LogP contribution < -0.4 is 0 Å². The van der Waals surface area contributed by atoms with Gasteiger partial charge in [0.2, 0.25) is 0 Å². The zero-order chi connectivity index (χ0) is 14.0. The van der Waals surface area contributed by atoms with Crippen molar-refractivity contribution in [3.63, 3.8) is 0 Å². The quantitative estimate of drug-likeness (QED) is 0.863. The Hall–Kier alpha value is -2.21. The Morgan fingerprint density at radius 1 is 1.37 bits per heavy atom. The number of carboxylic acids is 1. The lowest BCUT2D eigenvalue weighted by atomic mass is 9.96. The minimum Gasteiger partial charge on any atom is -0.476 e. The molecule has 2 rings (SSSR count). The molecule has 19 heavy (non-hydrogen) atoms. The molecule has 1 aromatic heterocycles. The summed E-state index contributed by atoms with van der Waals surface area (Å²) < 4.78 is 1.40. The van der Waals surface area contributed by atoms with Crippen molar-refractivity contribution in [3.05, 3.63) is 47.3 Å². The summed E-state index contributed by atoms with van der Waals surface area (Å²) in [6.45, 7) is 3.41. The molecule has 1 unspecified atom stereocenters. The number of aromatic nitrogens is 3. The van der Waals surface area contributed by atoms with Crippen LogP contribution in [-0.4, -0.2) is 31.2 Å². The minimum atomic E-state index is -1.14. The predicted molar refractivity (Wildman–Crippen MR) is 67.7 cm³/mol. The Bertz CT molecular complexity index is 590. The average Bonchev–Trinajstić information content (AvgIpc) is 2.72. The second-order valence-corrected chi connectivity index (χ2v) is 4.63. The highest BCUT2D eigenvalue weighted by atomic mass is 16.4. The molecule has 100 valence electrons. The van der Waals surface area contributed by atoms with Gasteiger partial charge in [0.1, 0.15) is 5.60 Å². The maximum Gasteiger partial charge on any atom is 0.358 e. The Morgan fingerprint density at radius 2 is 2.00 bits per heavy atom. The fourth-order valence-corrected chi connectivity index (χ4v) is 1.89. The lowest BCUT2D eigenvalue weighted by Crippen LogP contribution is -2.28. The van der Waals surface area contributed by atoms with Crippen molar-refractivity contribution in [1.29, 1.82) is 0 Å². The monoisotopic (exact) mass is 261 g/mol. The van der Waals surface area contributed by atoms with Gasteiger partial charge >= 0.3 is 5.97 Å². The second-order valence-electron chi connectivity index (χ2n) is 4.63. The summed E-state index contributed by atoms with van der Waals surface area (Å²) in [7, 11) is 0. The van der Waals surface area contributed by atoms with E-state index in [1.165, 1.54) is 4.68 Å². The molecule has 1 aromatic carbocycles. The molecule has 0 spiro atoms. The van der Waals surface area contributed by atoms with E-state index in [0.717, 1.165) is 5.56 Å². The van der Waals surface area contributed by atoms with E-state index >= 15 is 0 Å². The number of hydrogen-bond donors (Lipinski definition) is 2. The van der Waals surface area contributed by atoms with E-state index in [2.05, 4.69) is 10.3 Å². The Balaban J connectivity index is 2.28. The van der Waals surface area contributed by atoms with Crippen LogP contribution >= 0.6 is 0 Å². The molecule has 1 heterocycles. The molecule has 2 aromatic rings. The third-order valence-electron chi connectivity index (χ3n) is 3.04. The lowest BCUT2D eigenvalue weighted by molar-refractivity contribution is 0.0334. The Morgan fingerprint density at radius 3 is 2.53 bits per heavy atom. The van der Waals surface area contributed by atoms with Crippen LogP contribution in [0.5, 0.6) is 0 Å². The normalized spacial score (nSPS) is 14.1. The van der Waals surface area contributed by atoms with Gasteiger partial charge in [-0.3, -0.25) is 0 Å². The maximum absolute atomic E-state index is 10.9. The SMILES string of the molecule is Cc1c(C(=O)O)nnn1CC(C)(O)c1ccccc1. The summed E-state index contributed by atoms with van der Waals surface area (Å²) in [4.78, 5) is 10.9. The molecular weight excluding hydrogens is 246 g/mol. The number of benzene rings is 1. The molecule has 0 aliphatic rings. The molecule has 6 heteroatoms. The molecule has 0 amide bonds. The van der Waals surface area contributed by atoms with Gasteiger partial charge in [-0.25, -0.2) is 9.48 Å². The standard InChI is InChI=1S/C13H15N3O3/c1-9-11(12(17)18)14-15-16(9)8-13(2,19)10-6-4-3-5-7-10/h3-7,19H,8H2,1-2H3,(H,17,18). The van der Waals surface area contributed by atoms with E-state index in [4.69, 9.17) is 5.11 Å². The topological polar surface area (TPSA) is 88.2 Å². The van der Waals surface area contributed by atoms with Crippen LogP contribution in [-0.2, 0) is 12.1 Å². The van der Waals surface area contributed by atoms with Crippen molar-refractivity contribution in [1.82, 2.24) is 15.0 Å². The van der Waals surface area contributed by atoms with Gasteiger partial charge in [0.25, 0.3) is 0 Å². The van der Waals surface area contributed by atoms with Crippen molar-refractivity contribution < 1.29 is 15.0 Å². The van der Waals surface area contributed by atoms with Crippen molar-refractivity contribution in [2.75, 3.05) is 0 Å². The first-order chi connectivity index (χ1) is 8.92. The number of hydrogen-bond acceptors (Lipinski definition) is 4. The van der Waals surface area contributed by atoms with Crippen LogP contribution in [0.15, 0.2) is 30.3 Å². The van der Waals surface area contributed by atoms with E-state index in [1.807, 2.05) is 30.3 Å². The first-order valence-corrected chi connectivity index (χ1v) is 5.83. The second kappa shape index (κ2) is 4.81. The van der Waals surface area contributed by atoms with Crippen molar-refractivity contribution in [2.24, 2.45) is 0 Å². The molecule has 1 atom stereocenters. The van der Waals surface area contributed by atoms with Crippen LogP contribution in [0.1, 0.15) is 28.7 Å². The number of rotatable bonds is 4. The Labute approximate surface area is 110 Å². The zero-order valence-corrected chi connectivity index (χ0v) is 10.7. The number of aliphatic hydroxyl groups is 1. The van der Waals surface area contributed by atoms with Crippen molar-refractivity contribution >= 4 is 5.97 Å². The first kappa shape index (κ1) is 13.2. The largest absolute Gasteiger partial charge is 0.476 e. The van der Waals surface area contributed by atoms with E-state index in [-0.39, 0.29) is 12.2 Å². The molecule has 0 saturated carbocycles. The molecule has 0 bridgehead atoms. The molecule has 0 aliphatic carbocycles. The van der Waals surface area contributed by atoms with Crippen molar-refractivity contribution in [2.45, 2.75) is 26.0 Å². The minimum absolute atomic E-state index is 0.0936. The third-order valence-corrected chi connectivity index (χ3v) is 3.04. The highest BCUT2D eigenvalue weighted by Crippen LogP contribution is 2.22. The maximum atomic E-state index is 10.9. The highest BCUT2D eigenvalue weighted by molar-refractivity contribution is 5.86. The number of carbonyl (C=O) groups is 1. The van der Waals surface area contributed by atoms with E-state index in [1.54, 1.807) is 13.8 Å². The molecule has 0 saturated heterocycles. The number of carboxylic acid groups (broad SMARTS) is 1. The van der Waals surface area contributed by atoms with Gasteiger partial charge in [0, 0.05) is 0 Å². The predicted octanol–water partition coefficient (Wildman–Crippen LogP) is 1.19. The number of nitrogens with zero attached hydrogens (tertiary/aromatic N) is 3. The summed E-state index contributed by atoms with van der Waals surface area (Å²) >= 11 is 0. The van der Waals surface area contributed by atoms with Gasteiger partial charge in [-0.2, -0.15) is 0 Å². The molecule has 0 fully saturated rings. The summed E-state index contributed by atoms with van der Waals surface area (Å²) in [5.74, 6) is -1.12. The molecule has 0 aliphatic heterocycles. The van der Waals surface area contributed by atoms with E-state index < -0.39 is 11.6 Å². The summed E-state index contributed by atoms with van der Waals surface area (Å²) in [5.41, 5.74) is -0.0792. The highest BCUT2D eigenvalue weighted by Gasteiger charge is 2.26. The van der Waals surface area contributed by atoms with Crippen LogP contribution in [0, 0.1) is 6.92 Å². The third kappa shape index (κ3) is 2.63. The van der Waals surface area contributed by atoms with Gasteiger partial charge in [0.05, 0.1) is 12.2 Å². The smallest absolute Gasteiger partial charge is 0.358 e. The van der Waals surface area contributed by atoms with E-state index in [9.17, 15) is 9.90 Å². The zero-order valence-electron chi connectivity index (χ0n) is 10.7. The van der Waals surface area contributed by atoms with Crippen LogP contribution in [0.3, 0.4) is 0 Å². The van der Waals surface area contributed by atoms with Gasteiger partial charge in [-0.05, 0) is 19.4 Å². The molecule has 6 nitrogen and oxygen atoms in total. The summed E-state index contributed by atoms with van der Waals surface area (Å²) in [6, 6.07) is 9.15. The van der Waals surface area contributed by atoms with Crippen molar-refractivity contribution in [3.8, 4) is 0 Å². The fraction of sp³-hybridized carbons (Fsp3) is 0.308.